The smallest absolute Gasteiger partial charge is 0.409 e. The predicted molar refractivity (Wildman–Crippen MR) is 223 cm³/mol. The molecule has 16 nitrogen and oxygen atoms in total. The largest absolute Gasteiger partial charge is 0.495 e. The number of allylic oxidation sites excluding steroid dienone is 3. The molecule has 0 radical (unpaired) electrons. The van der Waals surface area contributed by atoms with Crippen molar-refractivity contribution < 1.29 is 57.9 Å². The first kappa shape index (κ1) is 49.8. The lowest BCUT2D eigenvalue weighted by atomic mass is 9.73. The van der Waals surface area contributed by atoms with Gasteiger partial charge in [-0.1, -0.05) is 61.7 Å². The average Bonchev–Trinajstić information content (AvgIpc) is 3.53. The molecule has 2 aliphatic heterocycles. The number of nitrogens with one attached hydrogen (secondary N) is 2. The molecule has 2 heterocycles. The van der Waals surface area contributed by atoms with Gasteiger partial charge in [0.25, 0.3) is 0 Å². The molecule has 60 heavy (non-hydrogen) atoms. The third kappa shape index (κ3) is 13.2. The fraction of sp³-hybridized carbons (Fsp3) is 0.628. The second-order valence-electron chi connectivity index (χ2n) is 16.0. The van der Waals surface area contributed by atoms with E-state index >= 15 is 0 Å². The molecule has 2 aliphatic rings. The second kappa shape index (κ2) is 22.4. The number of imide groups is 1. The average molecular weight is 863 g/mol. The summed E-state index contributed by atoms with van der Waals surface area (Å²) in [4.78, 5) is 78.3. The molecule has 4 N–H and O–H groups in total. The van der Waals surface area contributed by atoms with Gasteiger partial charge in [-0.3, -0.25) is 29.4 Å². The minimum absolute atomic E-state index is 0.113. The molecule has 0 aliphatic carbocycles. The number of likely N-dealkylation sites (tertiary alicyclic amines) is 1. The van der Waals surface area contributed by atoms with Crippen LogP contribution in [0.15, 0.2) is 42.0 Å². The van der Waals surface area contributed by atoms with Gasteiger partial charge >= 0.3 is 12.1 Å². The minimum Gasteiger partial charge on any atom is -0.495 e. The number of halogens is 1. The van der Waals surface area contributed by atoms with E-state index in [1.807, 2.05) is 25.1 Å². The summed E-state index contributed by atoms with van der Waals surface area (Å²) < 4.78 is 22.4. The summed E-state index contributed by atoms with van der Waals surface area (Å²) >= 11 is 6.16. The highest BCUT2D eigenvalue weighted by atomic mass is 35.5. The highest BCUT2D eigenvalue weighted by Gasteiger charge is 2.51. The summed E-state index contributed by atoms with van der Waals surface area (Å²) in [5.74, 6) is -2.96. The van der Waals surface area contributed by atoms with Crippen molar-refractivity contribution in [1.82, 2.24) is 20.4 Å². The van der Waals surface area contributed by atoms with E-state index in [0.29, 0.717) is 43.0 Å². The number of nitrogens with zero attached hydrogens (tertiary/aromatic N) is 2. The van der Waals surface area contributed by atoms with Gasteiger partial charge in [-0.25, -0.2) is 9.59 Å². The van der Waals surface area contributed by atoms with Crippen LogP contribution >= 0.6 is 11.6 Å². The van der Waals surface area contributed by atoms with Crippen molar-refractivity contribution in [2.24, 2.45) is 11.8 Å². The van der Waals surface area contributed by atoms with E-state index in [4.69, 9.17) is 30.5 Å². The number of amides is 5. The molecule has 17 heteroatoms. The van der Waals surface area contributed by atoms with E-state index in [-0.39, 0.29) is 43.4 Å². The molecule has 3 rings (SSSR count). The monoisotopic (exact) mass is 862 g/mol. The van der Waals surface area contributed by atoms with Crippen molar-refractivity contribution in [3.63, 3.8) is 0 Å². The summed E-state index contributed by atoms with van der Waals surface area (Å²) in [5.41, 5.74) is -1.83. The number of likely N-dealkylation sites (N-methyl/N-ethyl adjacent to an activating group) is 1. The number of unbranched alkanes of at least 4 members (excludes halogenated alkanes) is 2. The van der Waals surface area contributed by atoms with Crippen LogP contribution in [0.1, 0.15) is 91.5 Å². The van der Waals surface area contributed by atoms with Crippen LogP contribution in [0.25, 0.3) is 0 Å². The van der Waals surface area contributed by atoms with E-state index in [1.165, 1.54) is 44.9 Å². The molecule has 0 aromatic heterocycles. The molecule has 0 bridgehead atoms. The molecule has 2 saturated heterocycles. The minimum atomic E-state index is -1.91. The molecule has 2 fully saturated rings. The van der Waals surface area contributed by atoms with Gasteiger partial charge in [0.15, 0.2) is 5.72 Å². The molecule has 0 saturated carbocycles. The van der Waals surface area contributed by atoms with Crippen LogP contribution in [0, 0.1) is 11.8 Å². The van der Waals surface area contributed by atoms with Gasteiger partial charge < -0.3 is 39.4 Å². The van der Waals surface area contributed by atoms with Crippen molar-refractivity contribution in [2.75, 3.05) is 34.9 Å². The van der Waals surface area contributed by atoms with E-state index in [9.17, 15) is 39.0 Å². The van der Waals surface area contributed by atoms with Gasteiger partial charge in [-0.05, 0) is 69.6 Å². The van der Waals surface area contributed by atoms with Crippen molar-refractivity contribution in [3.05, 3.63) is 52.6 Å². The third-order valence-corrected chi connectivity index (χ3v) is 12.1. The molecule has 1 aromatic rings. The lowest BCUT2D eigenvalue weighted by Crippen LogP contribution is -2.64. The van der Waals surface area contributed by atoms with Gasteiger partial charge in [0.1, 0.15) is 35.7 Å². The van der Waals surface area contributed by atoms with Crippen molar-refractivity contribution in [3.8, 4) is 5.75 Å². The molecule has 5 amide bonds. The summed E-state index contributed by atoms with van der Waals surface area (Å²) in [6.45, 7) is 8.52. The maximum Gasteiger partial charge on any atom is 0.409 e. The third-order valence-electron chi connectivity index (χ3n) is 11.8. The summed E-state index contributed by atoms with van der Waals surface area (Å²) in [6, 6.07) is 4.44. The van der Waals surface area contributed by atoms with Crippen molar-refractivity contribution in [1.29, 1.82) is 0 Å². The number of alkyl carbamates (subject to hydrolysis) is 1. The zero-order valence-electron chi connectivity index (χ0n) is 36.2. The number of carbonyl (C=O) groups is 6. The number of ether oxygens (including phenoxy) is 4. The zero-order chi connectivity index (χ0) is 44.9. The van der Waals surface area contributed by atoms with E-state index < -0.39 is 71.9 Å². The van der Waals surface area contributed by atoms with E-state index in [2.05, 4.69) is 10.6 Å². The molecule has 1 unspecified atom stereocenters. The standard InChI is InChI=1S/C43H63ClN4O12/c1-26(22-30-17-18-31(44)32(23-30)57-8)14-13-15-34(58-9)43(56)25-33(59-41(54)46-43)27(2)28(3)42(5,55)35(24-36(49)45-6)60-40(53)29(4)47(7)37(50)16-11-10-12-21-48-38(51)19-20-39(48)52/h13-15,17-18,23,27-29,33-35,55-56H,10-12,16,19-22,24-25H2,1-9H3,(H,45,49)(H,46,54)/b15-13+,26-14+/t27-,28?,29-,33-,34+,35-,42+,43-/m0/s1. The Labute approximate surface area is 357 Å². The fourth-order valence-corrected chi connectivity index (χ4v) is 7.54. The van der Waals surface area contributed by atoms with Crippen LogP contribution in [0.2, 0.25) is 5.02 Å². The molecular formula is C43H63ClN4O12. The highest BCUT2D eigenvalue weighted by molar-refractivity contribution is 6.32. The predicted octanol–water partition coefficient (Wildman–Crippen LogP) is 4.22. The quantitative estimate of drug-likeness (QED) is 0.0559. The fourth-order valence-electron chi connectivity index (χ4n) is 7.34. The Hall–Kier alpha value is -4.51. The normalized spacial score (nSPS) is 21.9. The maximum atomic E-state index is 13.5. The summed E-state index contributed by atoms with van der Waals surface area (Å²) in [6.07, 6.45) is 3.15. The second-order valence-corrected chi connectivity index (χ2v) is 16.4. The van der Waals surface area contributed by atoms with E-state index in [0.717, 1.165) is 11.1 Å². The number of hydrogen-bond donors (Lipinski definition) is 4. The van der Waals surface area contributed by atoms with Gasteiger partial charge in [0.2, 0.25) is 23.6 Å². The SMILES string of the molecule is CNC(=O)C[C@H](OC(=O)[C@H](C)N(C)C(=O)CCCCCN1C(=O)CCC1=O)[C@](C)(O)C(C)[C@H](C)[C@@H]1C[C@](O)([C@@H](/C=C/C=C(\C)Cc2ccc(Cl)c(OC)c2)OC)NC(=O)O1. The Bertz CT molecular complexity index is 1750. The van der Waals surface area contributed by atoms with Crippen LogP contribution in [0.4, 0.5) is 4.79 Å². The Kier molecular flexibility index (Phi) is 18.6. The zero-order valence-corrected chi connectivity index (χ0v) is 37.0. The lowest BCUT2D eigenvalue weighted by Gasteiger charge is -2.46. The number of methoxy groups -OCH3 is 2. The first-order valence-corrected chi connectivity index (χ1v) is 20.7. The molecule has 334 valence electrons. The summed E-state index contributed by atoms with van der Waals surface area (Å²) in [5, 5.41) is 29.3. The van der Waals surface area contributed by atoms with Gasteiger partial charge in [0.05, 0.1) is 18.6 Å². The van der Waals surface area contributed by atoms with Gasteiger partial charge in [-0.15, -0.1) is 0 Å². The lowest BCUT2D eigenvalue weighted by molar-refractivity contribution is -0.186. The molecule has 0 spiro atoms. The van der Waals surface area contributed by atoms with Crippen LogP contribution < -0.4 is 15.4 Å². The Morgan fingerprint density at radius 2 is 1.80 bits per heavy atom. The summed E-state index contributed by atoms with van der Waals surface area (Å²) in [7, 11) is 5.80. The topological polar surface area (TPSA) is 210 Å². The number of carbonyl (C=O) groups excluding carboxylic acids is 6. The van der Waals surface area contributed by atoms with Gasteiger partial charge in [0, 0.05) is 53.4 Å². The molecule has 8 atom stereocenters. The Morgan fingerprint density at radius 3 is 2.42 bits per heavy atom. The van der Waals surface area contributed by atoms with Crippen molar-refractivity contribution >= 4 is 47.3 Å². The van der Waals surface area contributed by atoms with Crippen LogP contribution in [-0.2, 0) is 44.6 Å². The number of benzene rings is 1. The number of hydrogen-bond acceptors (Lipinski definition) is 12. The molecule has 1 aromatic carbocycles. The number of aliphatic hydroxyl groups is 2. The Morgan fingerprint density at radius 1 is 1.13 bits per heavy atom. The number of cyclic esters (lactones) is 1. The van der Waals surface area contributed by atoms with Crippen LogP contribution in [-0.4, -0.2) is 126 Å². The number of rotatable bonds is 22. The number of esters is 1. The van der Waals surface area contributed by atoms with E-state index in [1.54, 1.807) is 39.2 Å². The van der Waals surface area contributed by atoms with Crippen LogP contribution in [0.5, 0.6) is 5.75 Å². The van der Waals surface area contributed by atoms with Gasteiger partial charge in [-0.2, -0.15) is 0 Å². The van der Waals surface area contributed by atoms with Crippen molar-refractivity contribution in [2.45, 2.75) is 128 Å². The van der Waals surface area contributed by atoms with Crippen LogP contribution in [0.3, 0.4) is 0 Å². The maximum absolute atomic E-state index is 13.5. The molecular weight excluding hydrogens is 800 g/mol. The first-order chi connectivity index (χ1) is 28.2. The first-order valence-electron chi connectivity index (χ1n) is 20.3. The highest BCUT2D eigenvalue weighted by Crippen LogP contribution is 2.38. The Balaban J connectivity index is 1.67.